The van der Waals surface area contributed by atoms with Crippen molar-refractivity contribution in [2.24, 2.45) is 5.41 Å². The van der Waals surface area contributed by atoms with E-state index in [0.29, 0.717) is 36.4 Å². The number of nitrogens with one attached hydrogen (secondary N) is 1. The molecule has 10 heteroatoms. The Kier molecular flexibility index (Phi) is 6.07. The first-order valence-corrected chi connectivity index (χ1v) is 11.5. The van der Waals surface area contributed by atoms with Crippen molar-refractivity contribution in [2.45, 2.75) is 38.5 Å². The second-order valence-corrected chi connectivity index (χ2v) is 10.9. The van der Waals surface area contributed by atoms with Gasteiger partial charge in [0.25, 0.3) is 0 Å². The molecular weight excluding hydrogens is 408 g/mol. The number of pyridine rings is 2. The Morgan fingerprint density at radius 1 is 1.37 bits per heavy atom. The maximum Gasteiger partial charge on any atom is 0.404 e. The maximum atomic E-state index is 13.1. The van der Waals surface area contributed by atoms with Crippen LogP contribution in [0.2, 0.25) is 0 Å². The predicted octanol–water partition coefficient (Wildman–Crippen LogP) is 2.31. The SMILES string of the molecule is COc1ccc2nccc(N3CCC(S(=O)(=O)CC(NC(=O)O)C(C)(C)C)C3)c2n1. The standard InChI is InChI=1S/C20H28N4O5S/c1-20(2,3)16(22-19(25)26)12-30(27,28)13-8-10-24(11-13)15-7-9-21-14-5-6-17(29-4)23-18(14)15/h5-7,9,13,16,22H,8,10-12H2,1-4H3,(H,25,26). The van der Waals surface area contributed by atoms with Gasteiger partial charge < -0.3 is 20.1 Å². The van der Waals surface area contributed by atoms with Crippen molar-refractivity contribution in [3.05, 3.63) is 24.4 Å². The summed E-state index contributed by atoms with van der Waals surface area (Å²) in [4.78, 5) is 21.9. The minimum atomic E-state index is -3.52. The highest BCUT2D eigenvalue weighted by Crippen LogP contribution is 2.31. The molecule has 3 heterocycles. The molecule has 0 saturated carbocycles. The number of sulfone groups is 1. The van der Waals surface area contributed by atoms with E-state index >= 15 is 0 Å². The molecule has 3 rings (SSSR count). The molecule has 1 fully saturated rings. The smallest absolute Gasteiger partial charge is 0.404 e. The lowest BCUT2D eigenvalue weighted by atomic mass is 9.88. The summed E-state index contributed by atoms with van der Waals surface area (Å²) in [6.07, 6.45) is 0.932. The summed E-state index contributed by atoms with van der Waals surface area (Å²) in [5.41, 5.74) is 1.66. The van der Waals surface area contributed by atoms with Gasteiger partial charge in [-0.15, -0.1) is 0 Å². The molecule has 2 unspecified atom stereocenters. The van der Waals surface area contributed by atoms with Gasteiger partial charge in [0.1, 0.15) is 5.52 Å². The Balaban J connectivity index is 1.82. The molecule has 0 spiro atoms. The molecule has 30 heavy (non-hydrogen) atoms. The fraction of sp³-hybridized carbons (Fsp3) is 0.550. The number of anilines is 1. The molecule has 1 saturated heterocycles. The van der Waals surface area contributed by atoms with E-state index in [-0.39, 0.29) is 5.75 Å². The van der Waals surface area contributed by atoms with Crippen LogP contribution in [-0.2, 0) is 9.84 Å². The minimum Gasteiger partial charge on any atom is -0.481 e. The van der Waals surface area contributed by atoms with Gasteiger partial charge in [-0.2, -0.15) is 0 Å². The maximum absolute atomic E-state index is 13.1. The third kappa shape index (κ3) is 4.75. The summed E-state index contributed by atoms with van der Waals surface area (Å²) in [5.74, 6) is 0.234. The van der Waals surface area contributed by atoms with E-state index in [4.69, 9.17) is 9.84 Å². The first-order valence-electron chi connectivity index (χ1n) is 9.77. The van der Waals surface area contributed by atoms with Crippen molar-refractivity contribution in [3.8, 4) is 5.88 Å². The van der Waals surface area contributed by atoms with Crippen molar-refractivity contribution < 1.29 is 23.1 Å². The van der Waals surface area contributed by atoms with Crippen LogP contribution in [0.25, 0.3) is 11.0 Å². The zero-order chi connectivity index (χ0) is 22.1. The number of carbonyl (C=O) groups is 1. The Bertz CT molecular complexity index is 1040. The molecule has 2 N–H and O–H groups in total. The molecule has 1 aliphatic rings. The van der Waals surface area contributed by atoms with Crippen molar-refractivity contribution in [3.63, 3.8) is 0 Å². The number of nitrogens with zero attached hydrogens (tertiary/aromatic N) is 3. The van der Waals surface area contributed by atoms with Gasteiger partial charge in [-0.05, 0) is 24.0 Å². The summed E-state index contributed by atoms with van der Waals surface area (Å²) in [7, 11) is -1.98. The van der Waals surface area contributed by atoms with Crippen molar-refractivity contribution in [1.29, 1.82) is 0 Å². The van der Waals surface area contributed by atoms with Crippen LogP contribution in [0, 0.1) is 5.41 Å². The van der Waals surface area contributed by atoms with E-state index < -0.39 is 32.6 Å². The highest BCUT2D eigenvalue weighted by molar-refractivity contribution is 7.92. The summed E-state index contributed by atoms with van der Waals surface area (Å²) < 4.78 is 31.4. The van der Waals surface area contributed by atoms with Crippen LogP contribution >= 0.6 is 0 Å². The second-order valence-electron chi connectivity index (χ2n) is 8.61. The van der Waals surface area contributed by atoms with Crippen LogP contribution in [0.3, 0.4) is 0 Å². The molecule has 1 amide bonds. The second kappa shape index (κ2) is 8.25. The number of hydrogen-bond donors (Lipinski definition) is 2. The topological polar surface area (TPSA) is 122 Å². The average Bonchev–Trinajstić information content (AvgIpc) is 3.16. The molecule has 0 aromatic carbocycles. The molecular formula is C20H28N4O5S. The average molecular weight is 437 g/mol. The lowest BCUT2D eigenvalue weighted by Crippen LogP contribution is -2.49. The highest BCUT2D eigenvalue weighted by Gasteiger charge is 2.38. The number of fused-ring (bicyclic) bond motifs is 1. The zero-order valence-electron chi connectivity index (χ0n) is 17.6. The predicted molar refractivity (Wildman–Crippen MR) is 115 cm³/mol. The lowest BCUT2D eigenvalue weighted by Gasteiger charge is -2.31. The van der Waals surface area contributed by atoms with Gasteiger partial charge in [0.2, 0.25) is 5.88 Å². The van der Waals surface area contributed by atoms with E-state index in [1.807, 2.05) is 37.8 Å². The quantitative estimate of drug-likeness (QED) is 0.707. The lowest BCUT2D eigenvalue weighted by molar-refractivity contribution is 0.178. The molecule has 0 aliphatic carbocycles. The molecule has 1 aliphatic heterocycles. The zero-order valence-corrected chi connectivity index (χ0v) is 18.4. The number of ether oxygens (including phenoxy) is 1. The Labute approximate surface area is 176 Å². The van der Waals surface area contributed by atoms with E-state index in [0.717, 1.165) is 5.69 Å². The number of hydrogen-bond acceptors (Lipinski definition) is 7. The first-order chi connectivity index (χ1) is 14.0. The summed E-state index contributed by atoms with van der Waals surface area (Å²) >= 11 is 0. The molecule has 0 bridgehead atoms. The molecule has 2 atom stereocenters. The fourth-order valence-electron chi connectivity index (χ4n) is 3.63. The van der Waals surface area contributed by atoms with Crippen LogP contribution in [0.15, 0.2) is 24.4 Å². The summed E-state index contributed by atoms with van der Waals surface area (Å²) in [6.45, 7) is 6.36. The molecule has 9 nitrogen and oxygen atoms in total. The normalized spacial score (nSPS) is 18.4. The van der Waals surface area contributed by atoms with Crippen LogP contribution in [-0.4, -0.2) is 66.8 Å². The third-order valence-corrected chi connectivity index (χ3v) is 7.68. The van der Waals surface area contributed by atoms with E-state index in [1.54, 1.807) is 19.4 Å². The van der Waals surface area contributed by atoms with E-state index in [9.17, 15) is 13.2 Å². The number of aromatic nitrogens is 2. The van der Waals surface area contributed by atoms with Crippen LogP contribution in [0.5, 0.6) is 5.88 Å². The van der Waals surface area contributed by atoms with Crippen molar-refractivity contribution in [2.75, 3.05) is 30.9 Å². The number of methoxy groups -OCH3 is 1. The van der Waals surface area contributed by atoms with Crippen LogP contribution in [0.4, 0.5) is 10.5 Å². The monoisotopic (exact) mass is 436 g/mol. The van der Waals surface area contributed by atoms with Gasteiger partial charge >= 0.3 is 6.09 Å². The highest BCUT2D eigenvalue weighted by atomic mass is 32.2. The van der Waals surface area contributed by atoms with Gasteiger partial charge in [-0.1, -0.05) is 20.8 Å². The van der Waals surface area contributed by atoms with E-state index in [1.165, 1.54) is 0 Å². The Morgan fingerprint density at radius 2 is 2.10 bits per heavy atom. The fourth-order valence-corrected chi connectivity index (χ4v) is 5.82. The molecule has 2 aromatic rings. The van der Waals surface area contributed by atoms with Crippen molar-refractivity contribution in [1.82, 2.24) is 15.3 Å². The molecule has 2 aromatic heterocycles. The van der Waals surface area contributed by atoms with Gasteiger partial charge in [0.15, 0.2) is 9.84 Å². The molecule has 164 valence electrons. The summed E-state index contributed by atoms with van der Waals surface area (Å²) in [5, 5.41) is 10.9. The van der Waals surface area contributed by atoms with Crippen LogP contribution < -0.4 is 15.0 Å². The first kappa shape index (κ1) is 22.1. The third-order valence-electron chi connectivity index (χ3n) is 5.48. The number of amides is 1. The van der Waals surface area contributed by atoms with E-state index in [2.05, 4.69) is 15.3 Å². The Hall–Kier alpha value is -2.62. The van der Waals surface area contributed by atoms with Gasteiger partial charge in [0, 0.05) is 25.4 Å². The van der Waals surface area contributed by atoms with Gasteiger partial charge in [-0.25, -0.2) is 18.2 Å². The number of carboxylic acid groups (broad SMARTS) is 1. The number of rotatable bonds is 6. The minimum absolute atomic E-state index is 0.232. The molecule has 0 radical (unpaired) electrons. The van der Waals surface area contributed by atoms with Crippen LogP contribution in [0.1, 0.15) is 27.2 Å². The summed E-state index contributed by atoms with van der Waals surface area (Å²) in [6, 6.07) is 4.69. The van der Waals surface area contributed by atoms with Gasteiger partial charge in [-0.3, -0.25) is 4.98 Å². The Morgan fingerprint density at radius 3 is 2.73 bits per heavy atom. The van der Waals surface area contributed by atoms with Crippen molar-refractivity contribution >= 4 is 32.7 Å². The largest absolute Gasteiger partial charge is 0.481 e. The van der Waals surface area contributed by atoms with Gasteiger partial charge in [0.05, 0.1) is 35.4 Å².